The van der Waals surface area contributed by atoms with Gasteiger partial charge in [0.2, 0.25) is 5.95 Å². The van der Waals surface area contributed by atoms with E-state index in [0.29, 0.717) is 42.1 Å². The second kappa shape index (κ2) is 7.15. The number of hydrogen-bond acceptors (Lipinski definition) is 5. The Kier molecular flexibility index (Phi) is 4.70. The number of para-hydroxylation sites is 1. The normalized spacial score (nSPS) is 10.9. The molecule has 0 unspecified atom stereocenters. The van der Waals surface area contributed by atoms with Crippen molar-refractivity contribution < 1.29 is 4.79 Å². The quantitative estimate of drug-likeness (QED) is 0.463. The van der Waals surface area contributed by atoms with Crippen LogP contribution >= 0.6 is 34.5 Å². The van der Waals surface area contributed by atoms with Crippen LogP contribution < -0.4 is 11.1 Å². The van der Waals surface area contributed by atoms with Crippen molar-refractivity contribution >= 4 is 62.3 Å². The number of nitrogens with zero attached hydrogens (tertiary/aromatic N) is 2. The van der Waals surface area contributed by atoms with Gasteiger partial charge in [-0.2, -0.15) is 0 Å². The second-order valence-corrected chi connectivity index (χ2v) is 7.58. The van der Waals surface area contributed by atoms with E-state index >= 15 is 0 Å². The highest BCUT2D eigenvalue weighted by Crippen LogP contribution is 2.36. The molecule has 0 bridgehead atoms. The number of fused-ring (bicyclic) bond motifs is 1. The molecule has 0 saturated carbocycles. The fourth-order valence-electron chi connectivity index (χ4n) is 2.65. The van der Waals surface area contributed by atoms with E-state index < -0.39 is 0 Å². The number of aromatic nitrogens is 2. The maximum atomic E-state index is 12.6. The number of nitrogens with one attached hydrogen (secondary N) is 1. The highest BCUT2D eigenvalue weighted by Gasteiger charge is 2.18. The fraction of sp³-hybridized carbons (Fsp3) is 0. The number of rotatable bonds is 3. The van der Waals surface area contributed by atoms with Crippen LogP contribution in [0.5, 0.6) is 0 Å². The number of amides is 1. The van der Waals surface area contributed by atoms with Gasteiger partial charge >= 0.3 is 0 Å². The monoisotopic (exact) mass is 414 g/mol. The number of nitrogens with two attached hydrogens (primary N) is 1. The van der Waals surface area contributed by atoms with Gasteiger partial charge in [0.1, 0.15) is 4.83 Å². The Morgan fingerprint density at radius 2 is 1.81 bits per heavy atom. The van der Waals surface area contributed by atoms with Gasteiger partial charge in [-0.15, -0.1) is 11.3 Å². The second-order valence-electron chi connectivity index (χ2n) is 5.70. The van der Waals surface area contributed by atoms with Crippen LogP contribution in [0.25, 0.3) is 21.5 Å². The molecular weight excluding hydrogens is 403 g/mol. The van der Waals surface area contributed by atoms with Crippen molar-refractivity contribution in [2.75, 3.05) is 11.1 Å². The van der Waals surface area contributed by atoms with Gasteiger partial charge in [-0.05, 0) is 36.4 Å². The van der Waals surface area contributed by atoms with E-state index in [9.17, 15) is 4.79 Å². The third-order valence-corrected chi connectivity index (χ3v) is 5.43. The molecule has 0 aliphatic rings. The summed E-state index contributed by atoms with van der Waals surface area (Å²) in [6.45, 7) is 0. The first kappa shape index (κ1) is 17.7. The predicted molar refractivity (Wildman–Crippen MR) is 112 cm³/mol. The molecule has 0 spiro atoms. The van der Waals surface area contributed by atoms with E-state index in [1.54, 1.807) is 24.3 Å². The lowest BCUT2D eigenvalue weighted by molar-refractivity contribution is 0.103. The molecule has 2 heterocycles. The summed E-state index contributed by atoms with van der Waals surface area (Å²) < 4.78 is 0. The van der Waals surface area contributed by atoms with Crippen molar-refractivity contribution in [3.05, 3.63) is 69.5 Å². The molecule has 1 amide bonds. The van der Waals surface area contributed by atoms with E-state index in [1.807, 2.05) is 30.3 Å². The van der Waals surface area contributed by atoms with E-state index in [1.165, 1.54) is 11.3 Å². The van der Waals surface area contributed by atoms with Crippen LogP contribution in [0.15, 0.2) is 54.6 Å². The summed E-state index contributed by atoms with van der Waals surface area (Å²) in [5, 5.41) is 4.54. The van der Waals surface area contributed by atoms with E-state index in [2.05, 4.69) is 15.3 Å². The highest BCUT2D eigenvalue weighted by atomic mass is 35.5. The van der Waals surface area contributed by atoms with Gasteiger partial charge < -0.3 is 11.1 Å². The smallest absolute Gasteiger partial charge is 0.265 e. The first-order chi connectivity index (χ1) is 13.0. The molecule has 134 valence electrons. The number of halogens is 2. The van der Waals surface area contributed by atoms with E-state index in [4.69, 9.17) is 28.9 Å². The number of nitrogen functional groups attached to an aromatic ring is 1. The van der Waals surface area contributed by atoms with Gasteiger partial charge in [-0.3, -0.25) is 4.79 Å². The van der Waals surface area contributed by atoms with E-state index in [0.717, 1.165) is 0 Å². The SMILES string of the molecule is Nc1nc(-c2ccc(Cl)cc2Cl)c2cc(C(=O)Nc3ccccc3)sc2n1. The average molecular weight is 415 g/mol. The van der Waals surface area contributed by atoms with Gasteiger partial charge in [-0.25, -0.2) is 9.97 Å². The molecule has 4 rings (SSSR count). The molecule has 0 atom stereocenters. The zero-order chi connectivity index (χ0) is 19.0. The van der Waals surface area contributed by atoms with Gasteiger partial charge in [0.05, 0.1) is 15.6 Å². The van der Waals surface area contributed by atoms with Crippen molar-refractivity contribution in [3.63, 3.8) is 0 Å². The summed E-state index contributed by atoms with van der Waals surface area (Å²) in [7, 11) is 0. The maximum absolute atomic E-state index is 12.6. The first-order valence-electron chi connectivity index (χ1n) is 7.90. The Labute approximate surface area is 168 Å². The fourth-order valence-corrected chi connectivity index (χ4v) is 4.08. The Morgan fingerprint density at radius 3 is 2.56 bits per heavy atom. The number of carbonyl (C=O) groups excluding carboxylic acids is 1. The van der Waals surface area contributed by atoms with Crippen LogP contribution in [0.4, 0.5) is 11.6 Å². The summed E-state index contributed by atoms with van der Waals surface area (Å²) in [5.41, 5.74) is 7.82. The van der Waals surface area contributed by atoms with Crippen LogP contribution in [0, 0.1) is 0 Å². The molecule has 0 aliphatic carbocycles. The van der Waals surface area contributed by atoms with Crippen LogP contribution in [0.1, 0.15) is 9.67 Å². The van der Waals surface area contributed by atoms with Crippen molar-refractivity contribution in [2.24, 2.45) is 0 Å². The topological polar surface area (TPSA) is 80.9 Å². The Hall–Kier alpha value is -2.67. The molecule has 4 aromatic rings. The average Bonchev–Trinajstić information content (AvgIpc) is 3.06. The minimum atomic E-state index is -0.226. The highest BCUT2D eigenvalue weighted by molar-refractivity contribution is 7.20. The maximum Gasteiger partial charge on any atom is 0.265 e. The minimum absolute atomic E-state index is 0.111. The molecule has 0 aliphatic heterocycles. The summed E-state index contributed by atoms with van der Waals surface area (Å²) in [6, 6.07) is 16.1. The molecule has 0 fully saturated rings. The largest absolute Gasteiger partial charge is 0.368 e. The number of benzene rings is 2. The van der Waals surface area contributed by atoms with Crippen LogP contribution in [0.2, 0.25) is 10.0 Å². The first-order valence-corrected chi connectivity index (χ1v) is 9.47. The van der Waals surface area contributed by atoms with Gasteiger partial charge in [0, 0.05) is 21.7 Å². The Balaban J connectivity index is 1.79. The lowest BCUT2D eigenvalue weighted by Gasteiger charge is -2.06. The van der Waals surface area contributed by atoms with Crippen molar-refractivity contribution in [2.45, 2.75) is 0 Å². The van der Waals surface area contributed by atoms with Crippen LogP contribution in [-0.2, 0) is 0 Å². The standard InChI is InChI=1S/C19H12Cl2N4OS/c20-10-6-7-12(14(21)8-10)16-13-9-15(27-18(13)25-19(22)24-16)17(26)23-11-4-2-1-3-5-11/h1-9H,(H,23,26)(H2,22,24,25). The van der Waals surface area contributed by atoms with Crippen LogP contribution in [0.3, 0.4) is 0 Å². The lowest BCUT2D eigenvalue weighted by Crippen LogP contribution is -2.09. The molecule has 0 saturated heterocycles. The summed E-state index contributed by atoms with van der Waals surface area (Å²) >= 11 is 13.6. The number of anilines is 2. The molecule has 2 aromatic heterocycles. The number of hydrogen-bond donors (Lipinski definition) is 2. The predicted octanol–water partition coefficient (Wildman–Crippen LogP) is 5.50. The Morgan fingerprint density at radius 1 is 1.04 bits per heavy atom. The number of thiophene rings is 1. The zero-order valence-electron chi connectivity index (χ0n) is 13.7. The summed E-state index contributed by atoms with van der Waals surface area (Å²) in [4.78, 5) is 22.3. The zero-order valence-corrected chi connectivity index (χ0v) is 16.1. The van der Waals surface area contributed by atoms with Crippen LogP contribution in [-0.4, -0.2) is 15.9 Å². The Bertz CT molecular complexity index is 1160. The molecule has 27 heavy (non-hydrogen) atoms. The molecule has 8 heteroatoms. The third-order valence-electron chi connectivity index (χ3n) is 3.85. The van der Waals surface area contributed by atoms with E-state index in [-0.39, 0.29) is 11.9 Å². The molecule has 5 nitrogen and oxygen atoms in total. The molecular formula is C19H12Cl2N4OS. The number of carbonyl (C=O) groups is 1. The van der Waals surface area contributed by atoms with Gasteiger partial charge in [0.25, 0.3) is 5.91 Å². The third kappa shape index (κ3) is 3.60. The van der Waals surface area contributed by atoms with Gasteiger partial charge in [-0.1, -0.05) is 41.4 Å². The summed E-state index contributed by atoms with van der Waals surface area (Å²) in [5.74, 6) is -0.115. The van der Waals surface area contributed by atoms with Crippen molar-refractivity contribution in [1.82, 2.24) is 9.97 Å². The van der Waals surface area contributed by atoms with Crippen molar-refractivity contribution in [3.8, 4) is 11.3 Å². The van der Waals surface area contributed by atoms with Crippen molar-refractivity contribution in [1.29, 1.82) is 0 Å². The lowest BCUT2D eigenvalue weighted by atomic mass is 10.1. The molecule has 3 N–H and O–H groups in total. The summed E-state index contributed by atoms with van der Waals surface area (Å²) in [6.07, 6.45) is 0. The van der Waals surface area contributed by atoms with Gasteiger partial charge in [0.15, 0.2) is 0 Å². The molecule has 2 aromatic carbocycles. The molecule has 0 radical (unpaired) electrons. The minimum Gasteiger partial charge on any atom is -0.368 e.